The molecule has 0 radical (unpaired) electrons. The van der Waals surface area contributed by atoms with Crippen molar-refractivity contribution in [1.82, 2.24) is 0 Å². The van der Waals surface area contributed by atoms with E-state index >= 15 is 0 Å². The highest BCUT2D eigenvalue weighted by molar-refractivity contribution is 6.24. The molecule has 1 aliphatic rings. The molecule has 0 fully saturated rings. The van der Waals surface area contributed by atoms with Gasteiger partial charge in [-0.2, -0.15) is 0 Å². The Labute approximate surface area is 105 Å². The minimum Gasteiger partial charge on any atom is -0.286 e. The van der Waals surface area contributed by atoms with Gasteiger partial charge in [-0.05, 0) is 11.8 Å². The van der Waals surface area contributed by atoms with E-state index in [4.69, 9.17) is 0 Å². The molecule has 0 saturated carbocycles. The van der Waals surface area contributed by atoms with Gasteiger partial charge in [-0.1, -0.05) is 0 Å². The molecule has 1 aliphatic carbocycles. The van der Waals surface area contributed by atoms with E-state index in [1.54, 1.807) is 0 Å². The standard InChI is InChI=1S/C13O6/c14-3-8-1-2-9(4-15)13(19)12(7-18)11(6-17)10(8)5-16. The second-order valence-corrected chi connectivity index (χ2v) is 2.96. The first kappa shape index (κ1) is 13.5. The van der Waals surface area contributed by atoms with Crippen LogP contribution in [0.1, 0.15) is 0 Å². The van der Waals surface area contributed by atoms with Gasteiger partial charge in [0.1, 0.15) is 52.0 Å². The molecule has 6 nitrogen and oxygen atoms in total. The lowest BCUT2D eigenvalue weighted by Crippen LogP contribution is -2.14. The number of hydrogen-bond acceptors (Lipinski definition) is 6. The molecule has 0 unspecified atom stereocenters. The van der Waals surface area contributed by atoms with Crippen LogP contribution in [0.15, 0.2) is 27.9 Å². The van der Waals surface area contributed by atoms with Gasteiger partial charge in [0.05, 0.1) is 0 Å². The first-order valence-electron chi connectivity index (χ1n) is 4.47. The molecule has 0 amide bonds. The summed E-state index contributed by atoms with van der Waals surface area (Å²) in [6.07, 6.45) is 0. The molecule has 0 heterocycles. The van der Waals surface area contributed by atoms with E-state index in [-0.39, 0.29) is 0 Å². The summed E-state index contributed by atoms with van der Waals surface area (Å²) >= 11 is 0. The molecule has 1 rings (SSSR count). The van der Waals surface area contributed by atoms with Crippen molar-refractivity contribution in [1.29, 1.82) is 0 Å². The molecular weight excluding hydrogens is 252 g/mol. The summed E-state index contributed by atoms with van der Waals surface area (Å²) < 4.78 is 0. The summed E-state index contributed by atoms with van der Waals surface area (Å²) in [5, 5.41) is 0. The summed E-state index contributed by atoms with van der Waals surface area (Å²) in [7, 11) is 0. The van der Waals surface area contributed by atoms with Crippen LogP contribution in [-0.4, -0.2) is 35.5 Å². The van der Waals surface area contributed by atoms with Gasteiger partial charge in [0.25, 0.3) is 0 Å². The highest BCUT2D eigenvalue weighted by Gasteiger charge is 2.28. The fourth-order valence-corrected chi connectivity index (χ4v) is 1.18. The van der Waals surface area contributed by atoms with E-state index < -0.39 is 33.6 Å². The zero-order valence-corrected chi connectivity index (χ0v) is 8.95. The molecule has 0 aromatic carbocycles. The Morgan fingerprint density at radius 3 is 1.47 bits per heavy atom. The molecule has 0 saturated heterocycles. The highest BCUT2D eigenvalue weighted by Crippen LogP contribution is 2.22. The summed E-state index contributed by atoms with van der Waals surface area (Å²) in [6, 6.07) is 0. The zero-order valence-electron chi connectivity index (χ0n) is 8.95. The average Bonchev–Trinajstić information content (AvgIpc) is 2.43. The molecule has 19 heavy (non-hydrogen) atoms. The van der Waals surface area contributed by atoms with E-state index in [9.17, 15) is 28.8 Å². The predicted molar refractivity (Wildman–Crippen MR) is 58.8 cm³/mol. The fraction of sp³-hybridized carbons (Fsp3) is 0. The third kappa shape index (κ3) is 2.28. The highest BCUT2D eigenvalue weighted by atomic mass is 16.1. The Bertz CT molecular complexity index is 797. The maximum atomic E-state index is 11.6. The van der Waals surface area contributed by atoms with Crippen molar-refractivity contribution in [2.45, 2.75) is 0 Å². The minimum absolute atomic E-state index is 0.638. The third-order valence-corrected chi connectivity index (χ3v) is 2.03. The molecule has 0 bridgehead atoms. The van der Waals surface area contributed by atoms with Crippen LogP contribution in [0.3, 0.4) is 0 Å². The van der Waals surface area contributed by atoms with Crippen molar-refractivity contribution in [2.24, 2.45) is 0 Å². The SMILES string of the molecule is O=C=C1C#CC(=C=O)C(=C=O)C(=C=O)C(=C=O)C1=O. The van der Waals surface area contributed by atoms with Crippen LogP contribution in [0.4, 0.5) is 0 Å². The van der Waals surface area contributed by atoms with Crippen molar-refractivity contribution in [3.05, 3.63) is 27.9 Å². The molecule has 6 heteroatoms. The zero-order chi connectivity index (χ0) is 14.4. The van der Waals surface area contributed by atoms with Gasteiger partial charge < -0.3 is 0 Å². The molecule has 88 valence electrons. The number of hydrogen-bond donors (Lipinski definition) is 0. The van der Waals surface area contributed by atoms with Crippen molar-refractivity contribution in [3.8, 4) is 11.8 Å². The van der Waals surface area contributed by atoms with Crippen molar-refractivity contribution in [2.75, 3.05) is 0 Å². The van der Waals surface area contributed by atoms with Gasteiger partial charge in [-0.3, -0.25) is 4.79 Å². The van der Waals surface area contributed by atoms with E-state index in [2.05, 4.69) is 0 Å². The number of carbonyl (C=O) groups excluding carboxylic acids is 6. The maximum absolute atomic E-state index is 11.6. The Kier molecular flexibility index (Phi) is 4.07. The second-order valence-electron chi connectivity index (χ2n) is 2.96. The Morgan fingerprint density at radius 2 is 1.05 bits per heavy atom. The van der Waals surface area contributed by atoms with Crippen LogP contribution < -0.4 is 0 Å². The Morgan fingerprint density at radius 1 is 0.579 bits per heavy atom. The average molecular weight is 252 g/mol. The van der Waals surface area contributed by atoms with Crippen LogP contribution in [-0.2, 0) is 28.8 Å². The van der Waals surface area contributed by atoms with E-state index in [1.807, 2.05) is 11.8 Å². The normalized spacial score (nSPS) is 13.9. The van der Waals surface area contributed by atoms with Gasteiger partial charge in [0.15, 0.2) is 5.57 Å². The van der Waals surface area contributed by atoms with E-state index in [1.165, 1.54) is 11.9 Å². The van der Waals surface area contributed by atoms with Crippen LogP contribution in [0, 0.1) is 11.8 Å². The summed E-state index contributed by atoms with van der Waals surface area (Å²) in [5.41, 5.74) is -3.97. The fourth-order valence-electron chi connectivity index (χ4n) is 1.18. The van der Waals surface area contributed by atoms with E-state index in [0.717, 1.165) is 17.8 Å². The molecule has 0 aromatic heterocycles. The first-order valence-corrected chi connectivity index (χ1v) is 4.47. The minimum atomic E-state index is -1.24. The lowest BCUT2D eigenvalue weighted by molar-refractivity contribution is -0.111. The largest absolute Gasteiger partial charge is 0.286 e. The quantitative estimate of drug-likeness (QED) is 0.291. The van der Waals surface area contributed by atoms with Gasteiger partial charge in [0.2, 0.25) is 5.78 Å². The van der Waals surface area contributed by atoms with Crippen LogP contribution >= 0.6 is 0 Å². The van der Waals surface area contributed by atoms with Crippen molar-refractivity contribution in [3.63, 3.8) is 0 Å². The van der Waals surface area contributed by atoms with Crippen LogP contribution in [0.25, 0.3) is 0 Å². The topological polar surface area (TPSA) is 102 Å². The van der Waals surface area contributed by atoms with Crippen LogP contribution in [0.2, 0.25) is 0 Å². The molecule has 0 spiro atoms. The van der Waals surface area contributed by atoms with Crippen molar-refractivity contribution < 1.29 is 28.8 Å². The smallest absolute Gasteiger partial charge is 0.225 e. The molecular formula is C13O6. The van der Waals surface area contributed by atoms with Gasteiger partial charge >= 0.3 is 0 Å². The Balaban J connectivity index is 3.95. The predicted octanol–water partition coefficient (Wildman–Crippen LogP) is -1.64. The molecule has 0 N–H and O–H groups in total. The molecule has 0 aliphatic heterocycles. The number of ketones is 1. The number of allylic oxidation sites excluding steroid dienone is 5. The number of Topliss-reactive ketones (excluding diaryl/α,β-unsaturated/α-hetero) is 1. The maximum Gasteiger partial charge on any atom is 0.225 e. The number of rotatable bonds is 0. The van der Waals surface area contributed by atoms with Gasteiger partial charge in [-0.25, -0.2) is 24.0 Å². The summed E-state index contributed by atoms with van der Waals surface area (Å²) in [4.78, 5) is 64.9. The second kappa shape index (κ2) is 5.70. The van der Waals surface area contributed by atoms with Gasteiger partial charge in [-0.15, -0.1) is 0 Å². The monoisotopic (exact) mass is 252 g/mol. The van der Waals surface area contributed by atoms with Crippen molar-refractivity contribution >= 4 is 35.5 Å². The molecule has 0 aromatic rings. The molecule has 0 atom stereocenters. The van der Waals surface area contributed by atoms with Gasteiger partial charge in [0, 0.05) is 0 Å². The summed E-state index contributed by atoms with van der Waals surface area (Å²) in [5.74, 6) is 8.54. The first-order chi connectivity index (χ1) is 9.14. The van der Waals surface area contributed by atoms with E-state index in [0.29, 0.717) is 0 Å². The Hall–Kier alpha value is -3.52. The summed E-state index contributed by atoms with van der Waals surface area (Å²) in [6.45, 7) is 0. The van der Waals surface area contributed by atoms with Crippen LogP contribution in [0.5, 0.6) is 0 Å². The number of carbonyl (C=O) groups is 1. The lowest BCUT2D eigenvalue weighted by atomic mass is 9.89. The third-order valence-electron chi connectivity index (χ3n) is 2.03. The lowest BCUT2D eigenvalue weighted by Gasteiger charge is -2.04.